The lowest BCUT2D eigenvalue weighted by Crippen LogP contribution is -2.33. The van der Waals surface area contributed by atoms with Gasteiger partial charge in [-0.25, -0.2) is 0 Å². The molecule has 1 aromatic carbocycles. The van der Waals surface area contributed by atoms with Gasteiger partial charge in [0.2, 0.25) is 0 Å². The van der Waals surface area contributed by atoms with Crippen LogP contribution in [0.1, 0.15) is 37.3 Å². The average Bonchev–Trinajstić information content (AvgIpc) is 2.61. The average molecular weight is 346 g/mol. The van der Waals surface area contributed by atoms with Crippen molar-refractivity contribution in [1.82, 2.24) is 4.90 Å². The highest BCUT2D eigenvalue weighted by molar-refractivity contribution is 8.13. The van der Waals surface area contributed by atoms with Crippen molar-refractivity contribution in [2.24, 2.45) is 16.6 Å². The van der Waals surface area contributed by atoms with Gasteiger partial charge in [0, 0.05) is 31.1 Å². The predicted octanol–water partition coefficient (Wildman–Crippen LogP) is 3.03. The molecule has 0 radical (unpaired) electrons. The maximum absolute atomic E-state index is 9.27. The highest BCUT2D eigenvalue weighted by Gasteiger charge is 2.29. The molecule has 1 unspecified atom stereocenters. The quantitative estimate of drug-likeness (QED) is 0.880. The third kappa shape index (κ3) is 3.62. The molecular weight excluding hydrogens is 318 g/mol. The molecule has 3 rings (SSSR count). The van der Waals surface area contributed by atoms with Gasteiger partial charge in [-0.1, -0.05) is 42.6 Å². The lowest BCUT2D eigenvalue weighted by atomic mass is 9.89. The van der Waals surface area contributed by atoms with Gasteiger partial charge in [-0.3, -0.25) is 4.99 Å². The van der Waals surface area contributed by atoms with Gasteiger partial charge in [-0.2, -0.15) is 0 Å². The summed E-state index contributed by atoms with van der Waals surface area (Å²) in [5, 5.41) is 9.95. The fourth-order valence-electron chi connectivity index (χ4n) is 3.48. The van der Waals surface area contributed by atoms with E-state index in [0.717, 1.165) is 49.4 Å². The van der Waals surface area contributed by atoms with E-state index >= 15 is 0 Å². The molecule has 2 heterocycles. The first kappa shape index (κ1) is 17.4. The van der Waals surface area contributed by atoms with E-state index in [-0.39, 0.29) is 5.54 Å². The number of hydrogen-bond acceptors (Lipinski definition) is 5. The van der Waals surface area contributed by atoms with Crippen LogP contribution in [0.25, 0.3) is 5.70 Å². The Bertz CT molecular complexity index is 620. The Morgan fingerprint density at radius 1 is 1.38 bits per heavy atom. The number of nitrogens with zero attached hydrogens (tertiary/aromatic N) is 2. The molecule has 24 heavy (non-hydrogen) atoms. The Morgan fingerprint density at radius 3 is 2.62 bits per heavy atom. The van der Waals surface area contributed by atoms with Crippen LogP contribution in [0.15, 0.2) is 35.8 Å². The molecule has 1 fully saturated rings. The van der Waals surface area contributed by atoms with Crippen molar-refractivity contribution in [2.75, 3.05) is 25.4 Å². The second-order valence-corrected chi connectivity index (χ2v) is 8.07. The topological polar surface area (TPSA) is 61.8 Å². The largest absolute Gasteiger partial charge is 0.396 e. The van der Waals surface area contributed by atoms with E-state index < -0.39 is 0 Å². The molecule has 0 saturated carbocycles. The van der Waals surface area contributed by atoms with Gasteiger partial charge in [0.15, 0.2) is 5.17 Å². The number of benzene rings is 1. The summed E-state index contributed by atoms with van der Waals surface area (Å²) in [4.78, 5) is 7.00. The smallest absolute Gasteiger partial charge is 0.154 e. The fourth-order valence-corrected chi connectivity index (χ4v) is 4.46. The maximum Gasteiger partial charge on any atom is 0.154 e. The zero-order valence-corrected chi connectivity index (χ0v) is 15.2. The number of aliphatic hydroxyl groups is 1. The Kier molecular flexibility index (Phi) is 5.21. The van der Waals surface area contributed by atoms with Crippen LogP contribution in [-0.2, 0) is 5.54 Å². The molecule has 130 valence electrons. The number of aliphatic imine (C=N–C) groups is 1. The Morgan fingerprint density at radius 2 is 2.04 bits per heavy atom. The van der Waals surface area contributed by atoms with Crippen LogP contribution in [0, 0.1) is 5.92 Å². The van der Waals surface area contributed by atoms with E-state index in [1.807, 2.05) is 0 Å². The molecule has 1 aromatic rings. The van der Waals surface area contributed by atoms with Crippen LogP contribution in [0.3, 0.4) is 0 Å². The van der Waals surface area contributed by atoms with Gasteiger partial charge in [-0.05, 0) is 43.2 Å². The zero-order valence-electron chi connectivity index (χ0n) is 14.4. The number of thioether (sulfide) groups is 1. The summed E-state index contributed by atoms with van der Waals surface area (Å²) in [6.45, 7) is 8.69. The van der Waals surface area contributed by atoms with Crippen LogP contribution in [0.4, 0.5) is 0 Å². The van der Waals surface area contributed by atoms with Gasteiger partial charge in [-0.15, -0.1) is 0 Å². The van der Waals surface area contributed by atoms with E-state index in [4.69, 9.17) is 5.73 Å². The summed E-state index contributed by atoms with van der Waals surface area (Å²) in [6, 6.07) is 8.62. The molecule has 0 bridgehead atoms. The molecule has 4 nitrogen and oxygen atoms in total. The van der Waals surface area contributed by atoms with E-state index in [1.165, 1.54) is 5.56 Å². The number of rotatable bonds is 4. The molecular formula is C19H27N3OS. The first-order valence-corrected chi connectivity index (χ1v) is 9.64. The van der Waals surface area contributed by atoms with Crippen LogP contribution in [0.2, 0.25) is 0 Å². The zero-order chi connectivity index (χ0) is 17.2. The maximum atomic E-state index is 9.27. The van der Waals surface area contributed by atoms with Crippen molar-refractivity contribution in [1.29, 1.82) is 0 Å². The molecule has 3 N–H and O–H groups in total. The Labute approximate surface area is 148 Å². The lowest BCUT2D eigenvalue weighted by Gasteiger charge is -2.34. The van der Waals surface area contributed by atoms with Gasteiger partial charge < -0.3 is 15.7 Å². The fraction of sp³-hybridized carbons (Fsp3) is 0.526. The van der Waals surface area contributed by atoms with Crippen molar-refractivity contribution in [3.8, 4) is 0 Å². The van der Waals surface area contributed by atoms with Crippen LogP contribution < -0.4 is 5.73 Å². The minimum Gasteiger partial charge on any atom is -0.396 e. The van der Waals surface area contributed by atoms with Gasteiger partial charge in [0.1, 0.15) is 0 Å². The van der Waals surface area contributed by atoms with E-state index in [0.29, 0.717) is 17.7 Å². The van der Waals surface area contributed by atoms with Gasteiger partial charge in [0.05, 0.1) is 5.54 Å². The van der Waals surface area contributed by atoms with Crippen molar-refractivity contribution in [3.63, 3.8) is 0 Å². The first-order chi connectivity index (χ1) is 11.5. The highest BCUT2D eigenvalue weighted by atomic mass is 32.2. The standard InChI is InChI=1S/C19H27N3OS/c1-14(22-10-7-15(13-23)8-11-22)16-3-5-17(6-4-16)19(2)9-12-24-18(20)21-19/h3-6,15,23H,1,7-13H2,2H3,(H2,20,21). The third-order valence-corrected chi connectivity index (χ3v) is 6.09. The second-order valence-electron chi connectivity index (χ2n) is 6.96. The van der Waals surface area contributed by atoms with E-state index in [9.17, 15) is 5.11 Å². The minimum absolute atomic E-state index is 0.214. The summed E-state index contributed by atoms with van der Waals surface area (Å²) in [5.74, 6) is 1.46. The molecule has 5 heteroatoms. The number of piperidine rings is 1. The van der Waals surface area contributed by atoms with E-state index in [1.54, 1.807) is 11.8 Å². The van der Waals surface area contributed by atoms with Crippen LogP contribution in [-0.4, -0.2) is 40.6 Å². The minimum atomic E-state index is -0.214. The van der Waals surface area contributed by atoms with Gasteiger partial charge >= 0.3 is 0 Å². The summed E-state index contributed by atoms with van der Waals surface area (Å²) in [5.41, 5.74) is 9.15. The van der Waals surface area contributed by atoms with Crippen LogP contribution in [0.5, 0.6) is 0 Å². The third-order valence-electron chi connectivity index (χ3n) is 5.29. The highest BCUT2D eigenvalue weighted by Crippen LogP contribution is 2.35. The summed E-state index contributed by atoms with van der Waals surface area (Å²) < 4.78 is 0. The second kappa shape index (κ2) is 7.19. The monoisotopic (exact) mass is 345 g/mol. The van der Waals surface area contributed by atoms with Crippen molar-refractivity contribution < 1.29 is 5.11 Å². The number of amidine groups is 1. The van der Waals surface area contributed by atoms with Crippen molar-refractivity contribution in [3.05, 3.63) is 42.0 Å². The molecule has 0 spiro atoms. The molecule has 0 amide bonds. The number of aliphatic hydroxyl groups excluding tert-OH is 1. The molecule has 0 aliphatic carbocycles. The van der Waals surface area contributed by atoms with Crippen molar-refractivity contribution in [2.45, 2.75) is 31.7 Å². The normalized spacial score (nSPS) is 25.4. The molecule has 2 aliphatic heterocycles. The number of nitrogens with two attached hydrogens (primary N) is 1. The molecule has 2 aliphatic rings. The first-order valence-electron chi connectivity index (χ1n) is 8.65. The number of hydrogen-bond donors (Lipinski definition) is 2. The summed E-state index contributed by atoms with van der Waals surface area (Å²) in [6.07, 6.45) is 3.09. The molecule has 1 atom stereocenters. The van der Waals surface area contributed by atoms with Crippen molar-refractivity contribution >= 4 is 22.6 Å². The number of likely N-dealkylation sites (tertiary alicyclic amines) is 1. The molecule has 1 saturated heterocycles. The summed E-state index contributed by atoms with van der Waals surface area (Å²) in [7, 11) is 0. The van der Waals surface area contributed by atoms with E-state index in [2.05, 4.69) is 47.7 Å². The summed E-state index contributed by atoms with van der Waals surface area (Å²) >= 11 is 1.63. The van der Waals surface area contributed by atoms with Gasteiger partial charge in [0.25, 0.3) is 0 Å². The Balaban J connectivity index is 1.70. The lowest BCUT2D eigenvalue weighted by molar-refractivity contribution is 0.162. The SMILES string of the molecule is C=C(c1ccc(C2(C)CCSC(N)=N2)cc1)N1CCC(CO)CC1. The molecule has 0 aromatic heterocycles. The predicted molar refractivity (Wildman–Crippen MR) is 103 cm³/mol. The Hall–Kier alpha value is -1.46. The van der Waals surface area contributed by atoms with Crippen LogP contribution >= 0.6 is 11.8 Å².